The molecule has 0 amide bonds. The van der Waals surface area contributed by atoms with Gasteiger partial charge < -0.3 is 15.2 Å². The quantitative estimate of drug-likeness (QED) is 0.902. The topological polar surface area (TPSA) is 57.4 Å². The van der Waals surface area contributed by atoms with Crippen LogP contribution in [0.4, 0.5) is 5.13 Å². The van der Waals surface area contributed by atoms with Crippen LogP contribution in [0.2, 0.25) is 0 Å². The number of anilines is 1. The highest BCUT2D eigenvalue weighted by molar-refractivity contribution is 7.13. The largest absolute Gasteiger partial charge is 0.496 e. The molecule has 0 unspecified atom stereocenters. The zero-order valence-corrected chi connectivity index (χ0v) is 11.3. The minimum Gasteiger partial charge on any atom is -0.496 e. The molecule has 1 heterocycles. The lowest BCUT2D eigenvalue weighted by molar-refractivity contribution is 0.132. The lowest BCUT2D eigenvalue weighted by Crippen LogP contribution is -1.97. The molecule has 0 spiro atoms. The molecule has 0 saturated heterocycles. The Hall–Kier alpha value is -1.59. The van der Waals surface area contributed by atoms with Crippen LogP contribution in [0.3, 0.4) is 0 Å². The second-order valence-corrected chi connectivity index (χ2v) is 4.62. The third kappa shape index (κ3) is 2.80. The van der Waals surface area contributed by atoms with Crippen molar-refractivity contribution in [3.8, 4) is 17.0 Å². The van der Waals surface area contributed by atoms with E-state index >= 15 is 0 Å². The van der Waals surface area contributed by atoms with Crippen LogP contribution >= 0.6 is 11.3 Å². The highest BCUT2D eigenvalue weighted by Gasteiger charge is 2.08. The van der Waals surface area contributed by atoms with Gasteiger partial charge >= 0.3 is 0 Å². The van der Waals surface area contributed by atoms with Gasteiger partial charge in [-0.25, -0.2) is 4.98 Å². The first-order valence-corrected chi connectivity index (χ1v) is 6.58. The van der Waals surface area contributed by atoms with Gasteiger partial charge in [0.2, 0.25) is 0 Å². The number of benzene rings is 1. The van der Waals surface area contributed by atoms with Crippen molar-refractivity contribution in [1.82, 2.24) is 4.98 Å². The molecule has 1 aromatic heterocycles. The highest BCUT2D eigenvalue weighted by Crippen LogP contribution is 2.28. The SMILES string of the molecule is CCOCc1cc(-c2csc(N)n2)ccc1OC. The van der Waals surface area contributed by atoms with Crippen LogP contribution in [0.15, 0.2) is 23.6 Å². The molecule has 18 heavy (non-hydrogen) atoms. The summed E-state index contributed by atoms with van der Waals surface area (Å²) >= 11 is 1.44. The van der Waals surface area contributed by atoms with Gasteiger partial charge in [0, 0.05) is 23.1 Å². The normalized spacial score (nSPS) is 10.6. The van der Waals surface area contributed by atoms with E-state index in [2.05, 4.69) is 4.98 Å². The first-order valence-electron chi connectivity index (χ1n) is 5.70. The molecule has 0 bridgehead atoms. The summed E-state index contributed by atoms with van der Waals surface area (Å²) in [5, 5.41) is 2.52. The molecular formula is C13H16N2O2S. The Morgan fingerprint density at radius 3 is 2.83 bits per heavy atom. The van der Waals surface area contributed by atoms with E-state index in [0.717, 1.165) is 22.6 Å². The van der Waals surface area contributed by atoms with Gasteiger partial charge in [0.25, 0.3) is 0 Å². The molecule has 0 atom stereocenters. The lowest BCUT2D eigenvalue weighted by Gasteiger charge is -2.10. The average molecular weight is 264 g/mol. The van der Waals surface area contributed by atoms with Gasteiger partial charge in [-0.05, 0) is 25.1 Å². The van der Waals surface area contributed by atoms with Crippen molar-refractivity contribution in [2.24, 2.45) is 0 Å². The summed E-state index contributed by atoms with van der Waals surface area (Å²) in [4.78, 5) is 4.27. The van der Waals surface area contributed by atoms with Crippen LogP contribution in [0.5, 0.6) is 5.75 Å². The summed E-state index contributed by atoms with van der Waals surface area (Å²) in [6, 6.07) is 5.94. The van der Waals surface area contributed by atoms with Crippen molar-refractivity contribution in [2.45, 2.75) is 13.5 Å². The van der Waals surface area contributed by atoms with Crippen LogP contribution in [0.25, 0.3) is 11.3 Å². The number of nitrogens with zero attached hydrogens (tertiary/aromatic N) is 1. The molecule has 0 fully saturated rings. The van der Waals surface area contributed by atoms with Crippen LogP contribution in [-0.2, 0) is 11.3 Å². The van der Waals surface area contributed by atoms with E-state index in [0.29, 0.717) is 18.3 Å². The second-order valence-electron chi connectivity index (χ2n) is 3.73. The fourth-order valence-corrected chi connectivity index (χ4v) is 2.26. The predicted molar refractivity (Wildman–Crippen MR) is 73.8 cm³/mol. The Balaban J connectivity index is 2.32. The number of nitrogen functional groups attached to an aromatic ring is 1. The van der Waals surface area contributed by atoms with Crippen molar-refractivity contribution < 1.29 is 9.47 Å². The number of thiazole rings is 1. The summed E-state index contributed by atoms with van der Waals surface area (Å²) in [6.45, 7) is 3.18. The van der Waals surface area contributed by atoms with Crippen molar-refractivity contribution in [1.29, 1.82) is 0 Å². The number of ether oxygens (including phenoxy) is 2. The molecule has 2 aromatic rings. The molecule has 0 radical (unpaired) electrons. The van der Waals surface area contributed by atoms with E-state index in [1.165, 1.54) is 11.3 Å². The third-order valence-corrected chi connectivity index (χ3v) is 3.23. The zero-order valence-electron chi connectivity index (χ0n) is 10.5. The Bertz CT molecular complexity index is 525. The molecule has 0 aliphatic carbocycles. The number of hydrogen-bond acceptors (Lipinski definition) is 5. The number of hydrogen-bond donors (Lipinski definition) is 1. The summed E-state index contributed by atoms with van der Waals surface area (Å²) < 4.78 is 10.8. The Morgan fingerprint density at radius 2 is 2.22 bits per heavy atom. The molecule has 0 aliphatic heterocycles. The van der Waals surface area contributed by atoms with E-state index < -0.39 is 0 Å². The molecule has 2 rings (SSSR count). The Kier molecular flexibility index (Phi) is 4.17. The number of methoxy groups -OCH3 is 1. The van der Waals surface area contributed by atoms with Crippen LogP contribution in [-0.4, -0.2) is 18.7 Å². The molecule has 0 saturated carbocycles. The fourth-order valence-electron chi connectivity index (χ4n) is 1.68. The summed E-state index contributed by atoms with van der Waals surface area (Å²) in [7, 11) is 1.66. The highest BCUT2D eigenvalue weighted by atomic mass is 32.1. The smallest absolute Gasteiger partial charge is 0.180 e. The molecule has 4 nitrogen and oxygen atoms in total. The lowest BCUT2D eigenvalue weighted by atomic mass is 10.1. The zero-order chi connectivity index (χ0) is 13.0. The van der Waals surface area contributed by atoms with Crippen molar-refractivity contribution in [3.05, 3.63) is 29.1 Å². The first-order chi connectivity index (χ1) is 8.74. The molecule has 0 aliphatic rings. The molecule has 5 heteroatoms. The maximum absolute atomic E-state index is 5.65. The Labute approximate surface area is 110 Å². The van der Waals surface area contributed by atoms with Gasteiger partial charge in [-0.1, -0.05) is 0 Å². The van der Waals surface area contributed by atoms with Crippen LogP contribution < -0.4 is 10.5 Å². The first kappa shape index (κ1) is 12.9. The van der Waals surface area contributed by atoms with Gasteiger partial charge in [0.05, 0.1) is 19.4 Å². The Morgan fingerprint density at radius 1 is 1.39 bits per heavy atom. The summed E-state index contributed by atoms with van der Waals surface area (Å²) in [5.41, 5.74) is 8.58. The molecule has 2 N–H and O–H groups in total. The van der Waals surface area contributed by atoms with E-state index in [1.807, 2.05) is 30.5 Å². The van der Waals surface area contributed by atoms with Gasteiger partial charge in [-0.15, -0.1) is 11.3 Å². The van der Waals surface area contributed by atoms with Crippen LogP contribution in [0.1, 0.15) is 12.5 Å². The van der Waals surface area contributed by atoms with Gasteiger partial charge in [-0.3, -0.25) is 0 Å². The standard InChI is InChI=1S/C13H16N2O2S/c1-3-17-7-10-6-9(4-5-12(10)16-2)11-8-18-13(14)15-11/h4-6,8H,3,7H2,1-2H3,(H2,14,15). The average Bonchev–Trinajstić information content (AvgIpc) is 2.82. The molecule has 96 valence electrons. The maximum atomic E-state index is 5.65. The van der Waals surface area contributed by atoms with E-state index in [1.54, 1.807) is 7.11 Å². The monoisotopic (exact) mass is 264 g/mol. The van der Waals surface area contributed by atoms with Crippen molar-refractivity contribution in [2.75, 3.05) is 19.5 Å². The van der Waals surface area contributed by atoms with Gasteiger partial charge in [0.15, 0.2) is 5.13 Å². The summed E-state index contributed by atoms with van der Waals surface area (Å²) in [6.07, 6.45) is 0. The third-order valence-electron chi connectivity index (χ3n) is 2.56. The number of nitrogens with two attached hydrogens (primary N) is 1. The minimum absolute atomic E-state index is 0.535. The van der Waals surface area contributed by atoms with E-state index in [-0.39, 0.29) is 0 Å². The maximum Gasteiger partial charge on any atom is 0.180 e. The number of aromatic nitrogens is 1. The van der Waals surface area contributed by atoms with Gasteiger partial charge in [-0.2, -0.15) is 0 Å². The minimum atomic E-state index is 0.535. The van der Waals surface area contributed by atoms with E-state index in [4.69, 9.17) is 15.2 Å². The van der Waals surface area contributed by atoms with E-state index in [9.17, 15) is 0 Å². The molecular weight excluding hydrogens is 248 g/mol. The predicted octanol–water partition coefficient (Wildman–Crippen LogP) is 2.94. The van der Waals surface area contributed by atoms with Crippen molar-refractivity contribution >= 4 is 16.5 Å². The fraction of sp³-hybridized carbons (Fsp3) is 0.308. The van der Waals surface area contributed by atoms with Crippen molar-refractivity contribution in [3.63, 3.8) is 0 Å². The molecule has 1 aromatic carbocycles. The van der Waals surface area contributed by atoms with Gasteiger partial charge in [0.1, 0.15) is 5.75 Å². The summed E-state index contributed by atoms with van der Waals surface area (Å²) in [5.74, 6) is 0.829. The number of rotatable bonds is 5. The van der Waals surface area contributed by atoms with Crippen LogP contribution in [0, 0.1) is 0 Å². The second kappa shape index (κ2) is 5.84.